The van der Waals surface area contributed by atoms with Crippen molar-refractivity contribution in [3.63, 3.8) is 0 Å². The van der Waals surface area contributed by atoms with Gasteiger partial charge >= 0.3 is 0 Å². The van der Waals surface area contributed by atoms with Gasteiger partial charge in [0.15, 0.2) is 0 Å². The van der Waals surface area contributed by atoms with Gasteiger partial charge < -0.3 is 10.1 Å². The number of carbonyl (C=O) groups excluding carboxylic acids is 2. The molecule has 1 aliphatic rings. The number of rotatable bonds is 6. The van der Waals surface area contributed by atoms with Crippen molar-refractivity contribution in [2.24, 2.45) is 0 Å². The number of nitrogens with zero attached hydrogens (tertiary/aromatic N) is 2. The molecule has 5 rings (SSSR count). The number of ether oxygens (including phenoxy) is 1. The molecule has 7 heteroatoms. The number of carbonyl (C=O) groups is 2. The first kappa shape index (κ1) is 21.9. The molecule has 1 N–H and O–H groups in total. The van der Waals surface area contributed by atoms with Gasteiger partial charge in [-0.15, -0.1) is 11.3 Å². The van der Waals surface area contributed by atoms with Crippen LogP contribution in [0, 0.1) is 0 Å². The van der Waals surface area contributed by atoms with Crippen LogP contribution in [-0.2, 0) is 9.59 Å². The van der Waals surface area contributed by atoms with Crippen molar-refractivity contribution in [2.45, 2.75) is 20.0 Å². The monoisotopic (exact) mass is 469 g/mol. The molecule has 1 aliphatic heterocycles. The van der Waals surface area contributed by atoms with E-state index in [4.69, 9.17) is 9.72 Å². The summed E-state index contributed by atoms with van der Waals surface area (Å²) in [4.78, 5) is 32.7. The summed E-state index contributed by atoms with van der Waals surface area (Å²) in [5, 5.41) is 3.71. The highest BCUT2D eigenvalue weighted by Crippen LogP contribution is 2.43. The molecule has 34 heavy (non-hydrogen) atoms. The van der Waals surface area contributed by atoms with Crippen molar-refractivity contribution in [2.75, 3.05) is 11.5 Å². The zero-order valence-corrected chi connectivity index (χ0v) is 19.6. The predicted octanol–water partition coefficient (Wildman–Crippen LogP) is 5.11. The first-order chi connectivity index (χ1) is 16.6. The molecule has 6 nitrogen and oxygen atoms in total. The Morgan fingerprint density at radius 2 is 1.74 bits per heavy atom. The highest BCUT2D eigenvalue weighted by Gasteiger charge is 2.43. The van der Waals surface area contributed by atoms with E-state index in [-0.39, 0.29) is 11.8 Å². The number of aromatic nitrogens is 1. The van der Waals surface area contributed by atoms with Crippen molar-refractivity contribution in [1.82, 2.24) is 10.3 Å². The first-order valence-corrected chi connectivity index (χ1v) is 11.9. The Balaban J connectivity index is 1.70. The maximum Gasteiger partial charge on any atom is 0.261 e. The Morgan fingerprint density at radius 1 is 1.03 bits per heavy atom. The molecule has 3 aromatic carbocycles. The van der Waals surface area contributed by atoms with E-state index in [1.807, 2.05) is 85.8 Å². The lowest BCUT2D eigenvalue weighted by atomic mass is 10.0. The van der Waals surface area contributed by atoms with Crippen LogP contribution >= 0.6 is 11.3 Å². The maximum atomic E-state index is 14.0. The number of para-hydroxylation sites is 1. The van der Waals surface area contributed by atoms with E-state index in [1.54, 1.807) is 4.90 Å². The topological polar surface area (TPSA) is 71.5 Å². The molecule has 2 amide bonds. The number of anilines is 1. The second-order valence-corrected chi connectivity index (χ2v) is 8.88. The summed E-state index contributed by atoms with van der Waals surface area (Å²) in [7, 11) is 0. The summed E-state index contributed by atoms with van der Waals surface area (Å²) in [6.07, 6.45) is -0.696. The van der Waals surface area contributed by atoms with Crippen LogP contribution in [0.2, 0.25) is 0 Å². The van der Waals surface area contributed by atoms with Crippen LogP contribution < -0.4 is 15.0 Å². The van der Waals surface area contributed by atoms with Crippen LogP contribution in [0.4, 0.5) is 5.69 Å². The second kappa shape index (κ2) is 9.11. The Hall–Kier alpha value is -3.97. The fraction of sp³-hybridized carbons (Fsp3) is 0.148. The number of hydrogen-bond acceptors (Lipinski definition) is 5. The average molecular weight is 470 g/mol. The fourth-order valence-electron chi connectivity index (χ4n) is 4.18. The molecule has 4 aromatic rings. The SMILES string of the molecule is CCOc1ccc(N2C(=O)C(c3ccccc3)=C(c3nc4ccccc4s3)[C@H]2NC(C)=O)cc1. The third-order valence-electron chi connectivity index (χ3n) is 5.59. The van der Waals surface area contributed by atoms with Crippen LogP contribution in [0.5, 0.6) is 5.75 Å². The van der Waals surface area contributed by atoms with Crippen molar-refractivity contribution in [1.29, 1.82) is 0 Å². The Bertz CT molecular complexity index is 1360. The summed E-state index contributed by atoms with van der Waals surface area (Å²) >= 11 is 1.51. The van der Waals surface area contributed by atoms with Crippen LogP contribution in [0.1, 0.15) is 24.4 Å². The van der Waals surface area contributed by atoms with Crippen molar-refractivity contribution in [3.05, 3.63) is 89.4 Å². The molecule has 1 aromatic heterocycles. The molecule has 0 spiro atoms. The van der Waals surface area contributed by atoms with Gasteiger partial charge in [-0.25, -0.2) is 4.98 Å². The Morgan fingerprint density at radius 3 is 2.41 bits per heavy atom. The van der Waals surface area contributed by atoms with Crippen LogP contribution in [-0.4, -0.2) is 29.6 Å². The minimum atomic E-state index is -0.696. The number of fused-ring (bicyclic) bond motifs is 1. The quantitative estimate of drug-likeness (QED) is 0.426. The summed E-state index contributed by atoms with van der Waals surface area (Å²) in [5.41, 5.74) is 3.53. The molecular weight excluding hydrogens is 446 g/mol. The minimum absolute atomic E-state index is 0.191. The van der Waals surface area contributed by atoms with E-state index < -0.39 is 6.17 Å². The zero-order valence-electron chi connectivity index (χ0n) is 18.8. The third-order valence-corrected chi connectivity index (χ3v) is 6.66. The lowest BCUT2D eigenvalue weighted by Gasteiger charge is -2.27. The van der Waals surface area contributed by atoms with Crippen molar-refractivity contribution < 1.29 is 14.3 Å². The number of hydrogen-bond donors (Lipinski definition) is 1. The largest absolute Gasteiger partial charge is 0.494 e. The van der Waals surface area contributed by atoms with Crippen molar-refractivity contribution in [3.8, 4) is 5.75 Å². The lowest BCUT2D eigenvalue weighted by molar-refractivity contribution is -0.119. The average Bonchev–Trinajstić information content (AvgIpc) is 3.38. The summed E-state index contributed by atoms with van der Waals surface area (Å²) in [5.74, 6) is 0.293. The van der Waals surface area contributed by atoms with Gasteiger partial charge in [-0.1, -0.05) is 42.5 Å². The van der Waals surface area contributed by atoms with Gasteiger partial charge in [-0.3, -0.25) is 14.5 Å². The molecule has 0 radical (unpaired) electrons. The van der Waals surface area contributed by atoms with E-state index in [2.05, 4.69) is 5.32 Å². The summed E-state index contributed by atoms with van der Waals surface area (Å²) in [6, 6.07) is 24.7. The normalized spacial score (nSPS) is 15.8. The highest BCUT2D eigenvalue weighted by molar-refractivity contribution is 7.19. The van der Waals surface area contributed by atoms with Gasteiger partial charge in [-0.05, 0) is 48.9 Å². The van der Waals surface area contributed by atoms with Gasteiger partial charge in [0.2, 0.25) is 5.91 Å². The fourth-order valence-corrected chi connectivity index (χ4v) is 5.22. The minimum Gasteiger partial charge on any atom is -0.494 e. The van der Waals surface area contributed by atoms with E-state index in [9.17, 15) is 9.59 Å². The van der Waals surface area contributed by atoms with Gasteiger partial charge in [0.25, 0.3) is 5.91 Å². The highest BCUT2D eigenvalue weighted by atomic mass is 32.1. The maximum absolute atomic E-state index is 14.0. The van der Waals surface area contributed by atoms with E-state index in [1.165, 1.54) is 18.3 Å². The molecule has 0 aliphatic carbocycles. The number of thiazole rings is 1. The summed E-state index contributed by atoms with van der Waals surface area (Å²) < 4.78 is 6.58. The Kier molecular flexibility index (Phi) is 5.86. The second-order valence-electron chi connectivity index (χ2n) is 7.85. The molecule has 0 bridgehead atoms. The lowest BCUT2D eigenvalue weighted by Crippen LogP contribution is -2.47. The smallest absolute Gasteiger partial charge is 0.261 e. The van der Waals surface area contributed by atoms with Gasteiger partial charge in [0.1, 0.15) is 16.9 Å². The first-order valence-electron chi connectivity index (χ1n) is 11.1. The zero-order chi connectivity index (χ0) is 23.7. The van der Waals surface area contributed by atoms with Gasteiger partial charge in [-0.2, -0.15) is 0 Å². The summed E-state index contributed by atoms with van der Waals surface area (Å²) in [6.45, 7) is 3.93. The van der Waals surface area contributed by atoms with Gasteiger partial charge in [0, 0.05) is 18.2 Å². The number of benzene rings is 3. The molecule has 0 fully saturated rings. The standard InChI is InChI=1S/C27H23N3O3S/c1-3-33-20-15-13-19(14-16-20)30-25(28-17(2)31)24(23(27(30)32)18-9-5-4-6-10-18)26-29-21-11-7-8-12-22(21)34-26/h4-16,25H,3H2,1-2H3,(H,28,31)/t25-/m0/s1. The molecule has 2 heterocycles. The van der Waals surface area contributed by atoms with Gasteiger partial charge in [0.05, 0.1) is 22.4 Å². The van der Waals surface area contributed by atoms with E-state index in [0.717, 1.165) is 21.5 Å². The number of amides is 2. The molecule has 1 atom stereocenters. The molecule has 0 saturated carbocycles. The molecular formula is C27H23N3O3S. The van der Waals surface area contributed by atoms with Crippen LogP contribution in [0.15, 0.2) is 78.9 Å². The third kappa shape index (κ3) is 3.95. The van der Waals surface area contributed by atoms with Crippen molar-refractivity contribution >= 4 is 50.2 Å². The predicted molar refractivity (Wildman–Crippen MR) is 136 cm³/mol. The van der Waals surface area contributed by atoms with E-state index in [0.29, 0.717) is 28.4 Å². The molecule has 0 saturated heterocycles. The Labute approximate surface area is 201 Å². The van der Waals surface area contributed by atoms with Crippen LogP contribution in [0.25, 0.3) is 21.4 Å². The molecule has 170 valence electrons. The number of nitrogens with one attached hydrogen (secondary N) is 1. The van der Waals surface area contributed by atoms with E-state index >= 15 is 0 Å². The van der Waals surface area contributed by atoms with Crippen LogP contribution in [0.3, 0.4) is 0 Å². The molecule has 0 unspecified atom stereocenters.